The number of carbonyl (C=O) groups excluding carboxylic acids is 1. The van der Waals surface area contributed by atoms with Gasteiger partial charge >= 0.3 is 6.18 Å². The molecule has 0 aliphatic carbocycles. The lowest BCUT2D eigenvalue weighted by molar-refractivity contribution is -0.137. The number of nitrogens with one attached hydrogen (secondary N) is 1. The standard InChI is InChI=1S/C19H24F3N3O4S/c20-19(21,22)14-3-1-5-16(11-14)30(27,28)24-8-6-18(7-9-24)23-12-17(26)25(18)13-15-4-2-10-29-15/h1,3,5,11,15,23H,2,4,6-10,12-13H2. The number of nitrogens with zero attached hydrogens (tertiary/aromatic N) is 2. The van der Waals surface area contributed by atoms with Crippen molar-refractivity contribution >= 4 is 15.9 Å². The van der Waals surface area contributed by atoms with Crippen LogP contribution in [0.2, 0.25) is 0 Å². The zero-order valence-corrected chi connectivity index (χ0v) is 17.1. The molecule has 3 heterocycles. The zero-order valence-electron chi connectivity index (χ0n) is 16.3. The summed E-state index contributed by atoms with van der Waals surface area (Å²) < 4.78 is 71.7. The van der Waals surface area contributed by atoms with Crippen LogP contribution in [-0.2, 0) is 25.7 Å². The van der Waals surface area contributed by atoms with E-state index < -0.39 is 27.4 Å². The molecule has 166 valence electrons. The predicted molar refractivity (Wildman–Crippen MR) is 101 cm³/mol. The van der Waals surface area contributed by atoms with Crippen molar-refractivity contribution < 1.29 is 31.1 Å². The second-order valence-corrected chi connectivity index (χ2v) is 9.89. The summed E-state index contributed by atoms with van der Waals surface area (Å²) in [6.07, 6.45) is -2.06. The molecule has 1 unspecified atom stereocenters. The third kappa shape index (κ3) is 3.95. The number of amides is 1. The Labute approximate surface area is 173 Å². The third-order valence-corrected chi connectivity index (χ3v) is 8.04. The monoisotopic (exact) mass is 447 g/mol. The minimum atomic E-state index is -4.62. The molecule has 1 amide bonds. The third-order valence-electron chi connectivity index (χ3n) is 6.15. The van der Waals surface area contributed by atoms with Gasteiger partial charge in [0.2, 0.25) is 15.9 Å². The number of hydrogen-bond acceptors (Lipinski definition) is 5. The van der Waals surface area contributed by atoms with Gasteiger partial charge < -0.3 is 9.64 Å². The van der Waals surface area contributed by atoms with Gasteiger partial charge in [0.05, 0.1) is 28.8 Å². The number of sulfonamides is 1. The van der Waals surface area contributed by atoms with Crippen molar-refractivity contribution in [2.45, 2.75) is 48.5 Å². The van der Waals surface area contributed by atoms with Gasteiger partial charge in [0, 0.05) is 26.2 Å². The first-order valence-corrected chi connectivity index (χ1v) is 11.4. The SMILES string of the molecule is O=C1CNC2(CCN(S(=O)(=O)c3cccc(C(F)(F)F)c3)CC2)N1CC1CCCO1. The average Bonchev–Trinajstić information content (AvgIpc) is 3.33. The number of halogens is 3. The van der Waals surface area contributed by atoms with Crippen LogP contribution < -0.4 is 5.32 Å². The van der Waals surface area contributed by atoms with Crippen LogP contribution in [0.3, 0.4) is 0 Å². The maximum atomic E-state index is 13.0. The van der Waals surface area contributed by atoms with E-state index in [-0.39, 0.29) is 36.5 Å². The summed E-state index contributed by atoms with van der Waals surface area (Å²) >= 11 is 0. The molecule has 1 aromatic carbocycles. The number of hydrogen-bond donors (Lipinski definition) is 1. The highest BCUT2D eigenvalue weighted by Gasteiger charge is 2.49. The molecule has 30 heavy (non-hydrogen) atoms. The lowest BCUT2D eigenvalue weighted by Gasteiger charge is -2.44. The predicted octanol–water partition coefficient (Wildman–Crippen LogP) is 1.80. The summed E-state index contributed by atoms with van der Waals surface area (Å²) in [6.45, 7) is 1.55. The van der Waals surface area contributed by atoms with E-state index in [0.29, 0.717) is 32.1 Å². The quantitative estimate of drug-likeness (QED) is 0.762. The fraction of sp³-hybridized carbons (Fsp3) is 0.632. The topological polar surface area (TPSA) is 79.0 Å². The number of piperidine rings is 1. The van der Waals surface area contributed by atoms with E-state index in [9.17, 15) is 26.4 Å². The van der Waals surface area contributed by atoms with Crippen LogP contribution in [0.4, 0.5) is 13.2 Å². The minimum Gasteiger partial charge on any atom is -0.376 e. The Bertz CT molecular complexity index is 908. The molecule has 0 bridgehead atoms. The Morgan fingerprint density at radius 2 is 1.97 bits per heavy atom. The van der Waals surface area contributed by atoms with E-state index in [4.69, 9.17) is 4.74 Å². The molecule has 7 nitrogen and oxygen atoms in total. The molecule has 1 aromatic rings. The molecule has 1 N–H and O–H groups in total. The Morgan fingerprint density at radius 3 is 2.60 bits per heavy atom. The van der Waals surface area contributed by atoms with Gasteiger partial charge in [-0.2, -0.15) is 17.5 Å². The molecule has 11 heteroatoms. The lowest BCUT2D eigenvalue weighted by Crippen LogP contribution is -2.60. The second kappa shape index (κ2) is 7.77. The number of benzene rings is 1. The maximum Gasteiger partial charge on any atom is 0.416 e. The van der Waals surface area contributed by atoms with Gasteiger partial charge in [-0.25, -0.2) is 8.42 Å². The smallest absolute Gasteiger partial charge is 0.376 e. The number of rotatable bonds is 4. The number of ether oxygens (including phenoxy) is 1. The molecular weight excluding hydrogens is 423 g/mol. The van der Waals surface area contributed by atoms with Crippen molar-refractivity contribution in [3.05, 3.63) is 29.8 Å². The molecule has 3 aliphatic heterocycles. The summed E-state index contributed by atoms with van der Waals surface area (Å²) in [5, 5.41) is 3.24. The largest absolute Gasteiger partial charge is 0.416 e. The molecular formula is C19H24F3N3O4S. The Kier molecular flexibility index (Phi) is 5.58. The van der Waals surface area contributed by atoms with E-state index in [1.165, 1.54) is 10.4 Å². The van der Waals surface area contributed by atoms with E-state index in [0.717, 1.165) is 25.0 Å². The van der Waals surface area contributed by atoms with Crippen LogP contribution in [0.1, 0.15) is 31.2 Å². The molecule has 3 saturated heterocycles. The van der Waals surface area contributed by atoms with E-state index in [1.54, 1.807) is 4.90 Å². The fourth-order valence-corrected chi connectivity index (χ4v) is 5.95. The van der Waals surface area contributed by atoms with E-state index in [1.807, 2.05) is 0 Å². The van der Waals surface area contributed by atoms with Gasteiger partial charge in [-0.3, -0.25) is 10.1 Å². The van der Waals surface area contributed by atoms with Crippen molar-refractivity contribution in [3.63, 3.8) is 0 Å². The molecule has 3 fully saturated rings. The molecule has 0 aromatic heterocycles. The van der Waals surface area contributed by atoms with Crippen LogP contribution in [0.15, 0.2) is 29.2 Å². The van der Waals surface area contributed by atoms with Gasteiger partial charge in [0.25, 0.3) is 0 Å². The van der Waals surface area contributed by atoms with Gasteiger partial charge in [-0.15, -0.1) is 0 Å². The Morgan fingerprint density at radius 1 is 1.23 bits per heavy atom. The van der Waals surface area contributed by atoms with Crippen LogP contribution in [0.5, 0.6) is 0 Å². The first-order valence-electron chi connectivity index (χ1n) is 9.96. The van der Waals surface area contributed by atoms with E-state index in [2.05, 4.69) is 5.32 Å². The lowest BCUT2D eigenvalue weighted by atomic mass is 9.97. The Hall–Kier alpha value is -1.69. The molecule has 3 aliphatic rings. The molecule has 1 spiro atoms. The molecule has 1 atom stereocenters. The fourth-order valence-electron chi connectivity index (χ4n) is 4.46. The number of alkyl halides is 3. The molecule has 4 rings (SSSR count). The highest BCUT2D eigenvalue weighted by molar-refractivity contribution is 7.89. The van der Waals surface area contributed by atoms with Crippen molar-refractivity contribution in [1.82, 2.24) is 14.5 Å². The summed E-state index contributed by atoms with van der Waals surface area (Å²) in [6, 6.07) is 3.79. The molecule has 0 radical (unpaired) electrons. The minimum absolute atomic E-state index is 0.0161. The van der Waals surface area contributed by atoms with Gasteiger partial charge in [0.1, 0.15) is 0 Å². The average molecular weight is 447 g/mol. The van der Waals surface area contributed by atoms with Crippen LogP contribution in [0.25, 0.3) is 0 Å². The van der Waals surface area contributed by atoms with E-state index >= 15 is 0 Å². The normalized spacial score (nSPS) is 25.4. The van der Waals surface area contributed by atoms with Crippen molar-refractivity contribution in [3.8, 4) is 0 Å². The zero-order chi connectivity index (χ0) is 21.6. The van der Waals surface area contributed by atoms with Crippen molar-refractivity contribution in [2.24, 2.45) is 0 Å². The van der Waals surface area contributed by atoms with Crippen molar-refractivity contribution in [2.75, 3.05) is 32.8 Å². The highest BCUT2D eigenvalue weighted by atomic mass is 32.2. The van der Waals surface area contributed by atoms with Gasteiger partial charge in [-0.1, -0.05) is 6.07 Å². The van der Waals surface area contributed by atoms with Gasteiger partial charge in [-0.05, 0) is 43.9 Å². The summed E-state index contributed by atoms with van der Waals surface area (Å²) in [5.74, 6) is -0.0420. The molecule has 0 saturated carbocycles. The summed E-state index contributed by atoms with van der Waals surface area (Å²) in [5.41, 5.74) is -1.63. The first-order chi connectivity index (χ1) is 14.1. The van der Waals surface area contributed by atoms with Crippen LogP contribution in [-0.4, -0.2) is 68.1 Å². The van der Waals surface area contributed by atoms with Crippen LogP contribution in [0, 0.1) is 0 Å². The van der Waals surface area contributed by atoms with Gasteiger partial charge in [0.15, 0.2) is 0 Å². The summed E-state index contributed by atoms with van der Waals surface area (Å²) in [7, 11) is -4.07. The Balaban J connectivity index is 1.49. The number of carbonyl (C=O) groups is 1. The maximum absolute atomic E-state index is 13.0. The second-order valence-electron chi connectivity index (χ2n) is 7.95. The summed E-state index contributed by atoms with van der Waals surface area (Å²) in [4.78, 5) is 13.8. The van der Waals surface area contributed by atoms with Crippen LogP contribution >= 0.6 is 0 Å². The highest BCUT2D eigenvalue weighted by Crippen LogP contribution is 2.35. The van der Waals surface area contributed by atoms with Crippen molar-refractivity contribution in [1.29, 1.82) is 0 Å². The first kappa shape index (κ1) is 21.5.